The second-order valence-electron chi connectivity index (χ2n) is 15.4. The van der Waals surface area contributed by atoms with Gasteiger partial charge in [0.05, 0.1) is 76.5 Å². The minimum absolute atomic E-state index is 0.000516. The molecule has 8 N–H and O–H groups in total. The van der Waals surface area contributed by atoms with Crippen molar-refractivity contribution >= 4 is 137 Å². The Kier molecular flexibility index (Phi) is 18.6. The van der Waals surface area contributed by atoms with Crippen LogP contribution in [-0.4, -0.2) is 112 Å². The Morgan fingerprint density at radius 1 is 0.756 bits per heavy atom. The lowest BCUT2D eigenvalue weighted by Crippen LogP contribution is -2.09. The van der Waals surface area contributed by atoms with E-state index in [9.17, 15) is 49.8 Å². The van der Waals surface area contributed by atoms with Crippen LogP contribution in [0.25, 0.3) is 37.7 Å². The lowest BCUT2D eigenvalue weighted by atomic mass is 10.1. The van der Waals surface area contributed by atoms with Crippen LogP contribution in [0, 0.1) is 25.2 Å². The van der Waals surface area contributed by atoms with E-state index >= 15 is 0 Å². The van der Waals surface area contributed by atoms with Gasteiger partial charge in [-0.1, -0.05) is 33.5 Å². The summed E-state index contributed by atoms with van der Waals surface area (Å²) in [6, 6.07) is 17.5. The summed E-state index contributed by atoms with van der Waals surface area (Å²) < 4.78 is 119. The number of rotatable bonds is 20. The van der Waals surface area contributed by atoms with Crippen LogP contribution in [0.3, 0.4) is 0 Å². The quantitative estimate of drug-likeness (QED) is 0.00878. The maximum absolute atomic E-state index is 13.2. The molecule has 0 aliphatic carbocycles. The van der Waals surface area contributed by atoms with Crippen LogP contribution >= 0.6 is 35.4 Å². The fourth-order valence-electron chi connectivity index (χ4n) is 7.11. The fourth-order valence-corrected chi connectivity index (χ4v) is 10.6. The molecule has 30 nitrogen and oxygen atoms in total. The number of aliphatic hydroxyl groups excluding tert-OH is 1. The Balaban J connectivity index is 0.00000169. The number of thiazole rings is 1. The fraction of sp³-hybridized carbons (Fsp3) is 0.167. The van der Waals surface area contributed by atoms with Crippen molar-refractivity contribution in [2.24, 2.45) is 30.7 Å². The number of fused-ring (bicyclic) bond motifs is 5. The molecule has 0 saturated carbocycles. The van der Waals surface area contributed by atoms with Crippen LogP contribution in [0.5, 0.6) is 17.4 Å². The van der Waals surface area contributed by atoms with E-state index in [1.165, 1.54) is 35.6 Å². The molecule has 0 spiro atoms. The summed E-state index contributed by atoms with van der Waals surface area (Å²) in [5.41, 5.74) is 0.574. The van der Waals surface area contributed by atoms with Crippen LogP contribution in [0.4, 0.5) is 33.6 Å². The molecule has 0 unspecified atom stereocenters. The van der Waals surface area contributed by atoms with Crippen LogP contribution in [0.1, 0.15) is 16.7 Å². The molecule has 36 heteroatoms. The van der Waals surface area contributed by atoms with E-state index in [0.717, 1.165) is 29.5 Å². The van der Waals surface area contributed by atoms with Crippen molar-refractivity contribution in [2.45, 2.75) is 33.4 Å². The summed E-state index contributed by atoms with van der Waals surface area (Å²) in [7, 11) is -13.7. The third-order valence-corrected chi connectivity index (χ3v) is 14.1. The van der Waals surface area contributed by atoms with Crippen LogP contribution in [0.2, 0.25) is 0 Å². The largest absolute Gasteiger partial charge is 0.505 e. The number of aryl methyl sites for hydroxylation is 1. The lowest BCUT2D eigenvalue weighted by molar-refractivity contribution is -0.432. The van der Waals surface area contributed by atoms with Gasteiger partial charge in [0.2, 0.25) is 11.0 Å². The number of azo groups is 3. The molecule has 410 valence electrons. The molecule has 0 saturated heterocycles. The van der Waals surface area contributed by atoms with Crippen molar-refractivity contribution < 1.29 is 93.0 Å². The number of benzene rings is 5. The molecule has 3 heterocycles. The third-order valence-electron chi connectivity index (χ3n) is 10.2. The molecule has 5 aromatic carbocycles. The van der Waals surface area contributed by atoms with Gasteiger partial charge in [0, 0.05) is 27.3 Å². The summed E-state index contributed by atoms with van der Waals surface area (Å²) in [6.07, 6.45) is 0.715. The standard InChI is InChI=1S/C41H32N10O17S5.CH4O3S/c1-19-13-28(30(64-12-11-63-10-9-52)17-27(19)46-50-41-44-35-31(69-41)14-21(70-67-65-55)15-33(35)72(57,58)59)47-49-36-32(71-68-66-56)16-23-22(37(36)53)7-8-26(38(23)73(60,61)62)45-48-34-20(2)24(18-42)39-43-25-5-3-4-6-29(25)51(39)40(34)54;1-5(2,3)4/h3-8,13-17,52-56H,9-12H2,1-2H3,(H,57,58,59)(H,60,61,62);1H3,(H,2,3,4). The number of nitriles is 1. The minimum Gasteiger partial charge on any atom is -0.505 e. The van der Waals surface area contributed by atoms with Gasteiger partial charge in [-0.05, 0) is 67.9 Å². The molecule has 0 fully saturated rings. The highest BCUT2D eigenvalue weighted by molar-refractivity contribution is 7.95. The van der Waals surface area contributed by atoms with Crippen molar-refractivity contribution in [1.29, 1.82) is 5.26 Å². The number of hydrogen-bond donors (Lipinski definition) is 8. The van der Waals surface area contributed by atoms with Gasteiger partial charge in [0.25, 0.3) is 30.4 Å². The molecule has 78 heavy (non-hydrogen) atoms. The number of aromatic nitrogens is 3. The maximum atomic E-state index is 13.2. The van der Waals surface area contributed by atoms with Gasteiger partial charge in [-0.15, -0.1) is 39.4 Å². The van der Waals surface area contributed by atoms with Crippen LogP contribution < -0.4 is 4.74 Å². The van der Waals surface area contributed by atoms with Gasteiger partial charge in [-0.2, -0.15) is 30.5 Å². The highest BCUT2D eigenvalue weighted by Gasteiger charge is 2.27. The Morgan fingerprint density at radius 3 is 2.12 bits per heavy atom. The number of phenolic OH excluding ortho intramolecular Hbond substituents is 1. The topological polar surface area (TPSA) is 448 Å². The number of phenols is 1. The molecule has 0 radical (unpaired) electrons. The van der Waals surface area contributed by atoms with E-state index in [4.69, 9.17) is 29.6 Å². The van der Waals surface area contributed by atoms with Gasteiger partial charge >= 0.3 is 0 Å². The number of hydrogen-bond acceptors (Lipinski definition) is 29. The molecule has 0 aliphatic rings. The van der Waals surface area contributed by atoms with Crippen molar-refractivity contribution in [3.05, 3.63) is 83.4 Å². The number of para-hydroxylation sites is 2. The summed E-state index contributed by atoms with van der Waals surface area (Å²) in [5.74, 6) is -1.19. The van der Waals surface area contributed by atoms with E-state index in [1.54, 1.807) is 31.2 Å². The first-order valence-electron chi connectivity index (χ1n) is 21.2. The van der Waals surface area contributed by atoms with E-state index in [-0.39, 0.29) is 120 Å². The zero-order valence-corrected chi connectivity index (χ0v) is 44.5. The second kappa shape index (κ2) is 24.8. The summed E-state index contributed by atoms with van der Waals surface area (Å²) in [6.45, 7) is 2.74. The smallest absolute Gasteiger partial charge is 0.297 e. The number of imidazole rings is 1. The Morgan fingerprint density at radius 2 is 1.44 bits per heavy atom. The van der Waals surface area contributed by atoms with Crippen molar-refractivity contribution in [1.82, 2.24) is 14.4 Å². The number of pyridine rings is 1. The van der Waals surface area contributed by atoms with Gasteiger partial charge in [-0.25, -0.2) is 20.5 Å². The summed E-state index contributed by atoms with van der Waals surface area (Å²) in [5, 5.41) is 91.8. The van der Waals surface area contributed by atoms with Crippen molar-refractivity contribution in [3.63, 3.8) is 0 Å². The average molecular weight is 1190 g/mol. The second-order valence-corrected chi connectivity index (χ2v) is 22.2. The third kappa shape index (κ3) is 13.6. The number of aromatic hydroxyl groups is 2. The van der Waals surface area contributed by atoms with E-state index < -0.39 is 57.5 Å². The Labute approximate surface area is 450 Å². The zero-order chi connectivity index (χ0) is 56.7. The first-order chi connectivity index (χ1) is 37.0. The SMILES string of the molecule is CS(=O)(=O)O.Cc1cc(N=Nc2c(SOOO)cc3c(S(=O)(=O)O)c(N=Nc4c(C)c(C#N)c5nc6ccccc6n5c4O)ccc3c2O)c(OCCOCCO)cc1N=Nc1nc2c(S(=O)(=O)O)cc(SOOO)cc2s1. The number of nitrogens with zero attached hydrogens (tertiary/aromatic N) is 10. The molecular weight excluding hydrogens is 1160 g/mol. The van der Waals surface area contributed by atoms with Gasteiger partial charge < -0.3 is 24.8 Å². The van der Waals surface area contributed by atoms with Gasteiger partial charge in [0.15, 0.2) is 17.1 Å². The van der Waals surface area contributed by atoms with Gasteiger partial charge in [0.1, 0.15) is 56.4 Å². The first kappa shape index (κ1) is 58.7. The van der Waals surface area contributed by atoms with E-state index in [2.05, 4.69) is 59.4 Å². The Hall–Kier alpha value is -7.00. The predicted molar refractivity (Wildman–Crippen MR) is 275 cm³/mol. The minimum atomic E-state index is -5.24. The molecule has 8 aromatic rings. The van der Waals surface area contributed by atoms with Crippen LogP contribution in [-0.2, 0) is 53.8 Å². The van der Waals surface area contributed by atoms with E-state index in [1.807, 2.05) is 6.07 Å². The van der Waals surface area contributed by atoms with Crippen molar-refractivity contribution in [2.75, 3.05) is 32.7 Å². The monoisotopic (exact) mass is 1190 g/mol. The summed E-state index contributed by atoms with van der Waals surface area (Å²) in [4.78, 5) is 7.07. The maximum Gasteiger partial charge on any atom is 0.297 e. The highest BCUT2D eigenvalue weighted by Crippen LogP contribution is 2.49. The molecule has 8 rings (SSSR count). The molecular formula is C42H36N10O20S6. The molecule has 0 amide bonds. The van der Waals surface area contributed by atoms with Crippen LogP contribution in [0.15, 0.2) is 117 Å². The molecule has 0 bridgehead atoms. The molecule has 3 aromatic heterocycles. The number of aliphatic hydroxyl groups is 1. The van der Waals surface area contributed by atoms with Crippen molar-refractivity contribution in [3.8, 4) is 23.4 Å². The van der Waals surface area contributed by atoms with Gasteiger partial charge in [-0.3, -0.25) is 18.1 Å². The highest BCUT2D eigenvalue weighted by atomic mass is 32.2. The first-order valence-corrected chi connectivity index (χ1v) is 28.2. The molecule has 0 atom stereocenters. The van der Waals surface area contributed by atoms with E-state index in [0.29, 0.717) is 34.9 Å². The zero-order valence-electron chi connectivity index (χ0n) is 39.6. The summed E-state index contributed by atoms with van der Waals surface area (Å²) >= 11 is 1.58. The molecule has 0 aliphatic heterocycles. The predicted octanol–water partition coefficient (Wildman–Crippen LogP) is 9.64. The average Bonchev–Trinajstić information content (AvgIpc) is 3.97. The number of ether oxygens (including phenoxy) is 2. The lowest BCUT2D eigenvalue weighted by Gasteiger charge is -2.13. The normalized spacial score (nSPS) is 12.5. The Bertz CT molecular complexity index is 4110.